The van der Waals surface area contributed by atoms with E-state index in [9.17, 15) is 9.59 Å². The number of rotatable bonds is 23. The fraction of sp³-hybridized carbons (Fsp3) is 0.929. The van der Waals surface area contributed by atoms with Gasteiger partial charge in [-0.2, -0.15) is 0 Å². The van der Waals surface area contributed by atoms with Crippen LogP contribution in [0.5, 0.6) is 0 Å². The lowest BCUT2D eigenvalue weighted by molar-refractivity contribution is -0.149. The highest BCUT2D eigenvalue weighted by molar-refractivity contribution is 6.17. The molecule has 0 fully saturated rings. The van der Waals surface area contributed by atoms with E-state index in [0.717, 1.165) is 12.8 Å². The van der Waals surface area contributed by atoms with Crippen molar-refractivity contribution in [2.45, 2.75) is 136 Å². The molecule has 1 amide bonds. The Morgan fingerprint density at radius 3 is 1.59 bits per heavy atom. The van der Waals surface area contributed by atoms with Crippen LogP contribution in [0.4, 0.5) is 4.79 Å². The minimum absolute atomic E-state index is 0.259. The molecule has 0 heterocycles. The van der Waals surface area contributed by atoms with E-state index in [-0.39, 0.29) is 18.5 Å². The average molecular weight is 504 g/mol. The molecule has 0 saturated heterocycles. The second-order valence-electron chi connectivity index (χ2n) is 10.0. The van der Waals surface area contributed by atoms with Gasteiger partial charge in [0.1, 0.15) is 6.04 Å². The van der Waals surface area contributed by atoms with Crippen molar-refractivity contribution in [3.05, 3.63) is 0 Å². The van der Waals surface area contributed by atoms with Crippen molar-refractivity contribution in [2.75, 3.05) is 26.1 Å². The van der Waals surface area contributed by atoms with E-state index >= 15 is 0 Å². The van der Waals surface area contributed by atoms with Gasteiger partial charge >= 0.3 is 12.1 Å². The SMILES string of the molecule is CCCCCCCCCCCCCCCCCOC(=O)[C@H](CC(C)C)N(C)C(=O)OCCCCl. The molecule has 0 unspecified atom stereocenters. The molecule has 0 saturated carbocycles. The van der Waals surface area contributed by atoms with Crippen LogP contribution >= 0.6 is 11.6 Å². The standard InChI is InChI=1S/C28H54ClNO4/c1-5-6-7-8-9-10-11-12-13-14-15-16-17-18-19-22-33-27(31)26(24-25(2)3)30(4)28(32)34-23-20-21-29/h25-26H,5-24H2,1-4H3/t26-/m0/s1. The molecule has 34 heavy (non-hydrogen) atoms. The van der Waals surface area contributed by atoms with E-state index in [1.807, 2.05) is 13.8 Å². The van der Waals surface area contributed by atoms with Crippen LogP contribution in [0.2, 0.25) is 0 Å². The summed E-state index contributed by atoms with van der Waals surface area (Å²) in [5, 5.41) is 0. The Morgan fingerprint density at radius 2 is 1.15 bits per heavy atom. The van der Waals surface area contributed by atoms with E-state index in [0.29, 0.717) is 25.3 Å². The van der Waals surface area contributed by atoms with E-state index in [1.54, 1.807) is 7.05 Å². The molecule has 0 radical (unpaired) electrons. The van der Waals surface area contributed by atoms with E-state index in [2.05, 4.69) is 6.92 Å². The van der Waals surface area contributed by atoms with E-state index < -0.39 is 12.1 Å². The highest BCUT2D eigenvalue weighted by atomic mass is 35.5. The van der Waals surface area contributed by atoms with E-state index in [4.69, 9.17) is 21.1 Å². The molecular weight excluding hydrogens is 450 g/mol. The van der Waals surface area contributed by atoms with Gasteiger partial charge in [0.15, 0.2) is 0 Å². The molecule has 0 spiro atoms. The second-order valence-corrected chi connectivity index (χ2v) is 10.4. The first-order valence-corrected chi connectivity index (χ1v) is 14.6. The molecule has 5 nitrogen and oxygen atoms in total. The van der Waals surface area contributed by atoms with Crippen molar-refractivity contribution in [1.29, 1.82) is 0 Å². The van der Waals surface area contributed by atoms with Gasteiger partial charge < -0.3 is 9.47 Å². The van der Waals surface area contributed by atoms with Crippen LogP contribution in [0.1, 0.15) is 130 Å². The first-order chi connectivity index (χ1) is 16.4. The number of carbonyl (C=O) groups excluding carboxylic acids is 2. The van der Waals surface area contributed by atoms with Crippen LogP contribution in [0.25, 0.3) is 0 Å². The van der Waals surface area contributed by atoms with Crippen molar-refractivity contribution in [3.8, 4) is 0 Å². The van der Waals surface area contributed by atoms with Gasteiger partial charge in [0.25, 0.3) is 0 Å². The summed E-state index contributed by atoms with van der Waals surface area (Å²) in [6.07, 6.45) is 20.2. The van der Waals surface area contributed by atoms with Gasteiger partial charge in [0.2, 0.25) is 0 Å². The fourth-order valence-corrected chi connectivity index (χ4v) is 4.15. The zero-order valence-corrected chi connectivity index (χ0v) is 23.5. The lowest BCUT2D eigenvalue weighted by Gasteiger charge is -2.27. The van der Waals surface area contributed by atoms with E-state index in [1.165, 1.54) is 88.4 Å². The minimum Gasteiger partial charge on any atom is -0.464 e. The van der Waals surface area contributed by atoms with Crippen LogP contribution in [0.15, 0.2) is 0 Å². The molecule has 1 atom stereocenters. The maximum absolute atomic E-state index is 12.6. The normalized spacial score (nSPS) is 12.1. The predicted octanol–water partition coefficient (Wildman–Crippen LogP) is 8.51. The molecule has 0 aliphatic carbocycles. The highest BCUT2D eigenvalue weighted by Gasteiger charge is 2.29. The van der Waals surface area contributed by atoms with Gasteiger partial charge in [-0.05, 0) is 25.2 Å². The first kappa shape index (κ1) is 33.0. The number of hydrogen-bond acceptors (Lipinski definition) is 4. The summed E-state index contributed by atoms with van der Waals surface area (Å²) in [5.74, 6) is 0.366. The molecule has 6 heteroatoms. The number of likely N-dealkylation sites (N-methyl/N-ethyl adjacent to an activating group) is 1. The number of carbonyl (C=O) groups is 2. The molecule has 0 aliphatic heterocycles. The van der Waals surface area contributed by atoms with Gasteiger partial charge in [0.05, 0.1) is 13.2 Å². The van der Waals surface area contributed by atoms with Gasteiger partial charge in [0, 0.05) is 12.9 Å². The summed E-state index contributed by atoms with van der Waals surface area (Å²) < 4.78 is 10.7. The third-order valence-electron chi connectivity index (χ3n) is 6.22. The van der Waals surface area contributed by atoms with Crippen LogP contribution < -0.4 is 0 Å². The number of amides is 1. The molecule has 0 aromatic carbocycles. The quantitative estimate of drug-likeness (QED) is 0.0796. The number of nitrogens with zero attached hydrogens (tertiary/aromatic N) is 1. The summed E-state index contributed by atoms with van der Waals surface area (Å²) in [5.41, 5.74) is 0. The fourth-order valence-electron chi connectivity index (χ4n) is 4.04. The Hall–Kier alpha value is -0.970. The molecule has 0 N–H and O–H groups in total. The molecule has 0 aromatic heterocycles. The topological polar surface area (TPSA) is 55.8 Å². The maximum Gasteiger partial charge on any atom is 0.410 e. The Kier molecular flexibility index (Phi) is 23.1. The maximum atomic E-state index is 12.6. The Labute approximate surface area is 215 Å². The number of ether oxygens (including phenoxy) is 2. The summed E-state index contributed by atoms with van der Waals surface area (Å²) in [6.45, 7) is 7.01. The smallest absolute Gasteiger partial charge is 0.410 e. The molecule has 0 aromatic rings. The summed E-state index contributed by atoms with van der Waals surface area (Å²) >= 11 is 5.63. The number of hydrogen-bond donors (Lipinski definition) is 0. The van der Waals surface area contributed by atoms with Gasteiger partial charge in [-0.1, -0.05) is 111 Å². The lowest BCUT2D eigenvalue weighted by atomic mass is 10.0. The second kappa shape index (κ2) is 23.8. The monoisotopic (exact) mass is 503 g/mol. The lowest BCUT2D eigenvalue weighted by Crippen LogP contribution is -2.44. The molecule has 202 valence electrons. The molecule has 0 bridgehead atoms. The van der Waals surface area contributed by atoms with Crippen LogP contribution in [-0.4, -0.2) is 49.1 Å². The van der Waals surface area contributed by atoms with Crippen molar-refractivity contribution >= 4 is 23.7 Å². The highest BCUT2D eigenvalue weighted by Crippen LogP contribution is 2.15. The number of unbranched alkanes of at least 4 members (excludes halogenated alkanes) is 14. The zero-order chi connectivity index (χ0) is 25.4. The average Bonchev–Trinajstić information content (AvgIpc) is 2.81. The zero-order valence-electron chi connectivity index (χ0n) is 22.8. The third-order valence-corrected chi connectivity index (χ3v) is 6.49. The van der Waals surface area contributed by atoms with Gasteiger partial charge in [-0.15, -0.1) is 11.6 Å². The van der Waals surface area contributed by atoms with Gasteiger partial charge in [-0.25, -0.2) is 9.59 Å². The third kappa shape index (κ3) is 19.3. The van der Waals surface area contributed by atoms with Crippen molar-refractivity contribution in [2.24, 2.45) is 5.92 Å². The first-order valence-electron chi connectivity index (χ1n) is 14.1. The summed E-state index contributed by atoms with van der Waals surface area (Å²) in [6, 6.07) is -0.611. The summed E-state index contributed by atoms with van der Waals surface area (Å²) in [7, 11) is 1.60. The number of halogens is 1. The Balaban J connectivity index is 3.82. The van der Waals surface area contributed by atoms with Crippen LogP contribution in [0, 0.1) is 5.92 Å². The number of alkyl halides is 1. The largest absolute Gasteiger partial charge is 0.464 e. The number of esters is 1. The predicted molar refractivity (Wildman–Crippen MR) is 144 cm³/mol. The molecular formula is C28H54ClNO4. The minimum atomic E-state index is -0.611. The molecule has 0 aliphatic rings. The van der Waals surface area contributed by atoms with Gasteiger partial charge in [-0.3, -0.25) is 4.90 Å². The van der Waals surface area contributed by atoms with Crippen molar-refractivity contribution in [3.63, 3.8) is 0 Å². The van der Waals surface area contributed by atoms with Crippen molar-refractivity contribution < 1.29 is 19.1 Å². The Morgan fingerprint density at radius 1 is 0.706 bits per heavy atom. The Bertz CT molecular complexity index is 487. The molecule has 0 rings (SSSR count). The summed E-state index contributed by atoms with van der Waals surface area (Å²) in [4.78, 5) is 26.2. The van der Waals surface area contributed by atoms with Crippen molar-refractivity contribution in [1.82, 2.24) is 4.90 Å². The van der Waals surface area contributed by atoms with Crippen LogP contribution in [0.3, 0.4) is 0 Å². The van der Waals surface area contributed by atoms with Crippen LogP contribution in [-0.2, 0) is 14.3 Å².